The van der Waals surface area contributed by atoms with Gasteiger partial charge in [0.25, 0.3) is 0 Å². The van der Waals surface area contributed by atoms with Crippen LogP contribution in [-0.2, 0) is 14.6 Å². The summed E-state index contributed by atoms with van der Waals surface area (Å²) in [5.74, 6) is -0.520. The van der Waals surface area contributed by atoms with Gasteiger partial charge in [-0.15, -0.1) is 0 Å². The minimum absolute atomic E-state index is 0.133. The van der Waals surface area contributed by atoms with Crippen LogP contribution in [0, 0.1) is 11.6 Å². The molecular weight excluding hydrogens is 348 g/mol. The number of hydrogen-bond acceptors (Lipinski definition) is 4. The van der Waals surface area contributed by atoms with Crippen molar-refractivity contribution in [1.29, 1.82) is 0 Å². The van der Waals surface area contributed by atoms with Crippen molar-refractivity contribution in [3.63, 3.8) is 0 Å². The molecular formula is C18H23F2NO3S. The molecule has 4 nitrogen and oxygen atoms in total. The Balaban J connectivity index is 1.32. The summed E-state index contributed by atoms with van der Waals surface area (Å²) in [6.45, 7) is 0.582. The number of rotatable bonds is 3. The summed E-state index contributed by atoms with van der Waals surface area (Å²) in [4.78, 5) is 0. The van der Waals surface area contributed by atoms with E-state index in [1.54, 1.807) is 0 Å². The third-order valence-electron chi connectivity index (χ3n) is 5.81. The highest BCUT2D eigenvalue weighted by Crippen LogP contribution is 2.40. The summed E-state index contributed by atoms with van der Waals surface area (Å²) < 4.78 is 56.1. The first-order chi connectivity index (χ1) is 11.8. The van der Waals surface area contributed by atoms with Gasteiger partial charge in [0.2, 0.25) is 0 Å². The van der Waals surface area contributed by atoms with Crippen LogP contribution in [0.3, 0.4) is 0 Å². The van der Waals surface area contributed by atoms with E-state index in [9.17, 15) is 17.2 Å². The molecule has 2 aliphatic heterocycles. The summed E-state index contributed by atoms with van der Waals surface area (Å²) in [5.41, 5.74) is 0.213. The van der Waals surface area contributed by atoms with Crippen LogP contribution in [0.25, 0.3) is 0 Å². The van der Waals surface area contributed by atoms with Crippen molar-refractivity contribution < 1.29 is 21.9 Å². The predicted molar refractivity (Wildman–Crippen MR) is 90.2 cm³/mol. The van der Waals surface area contributed by atoms with Gasteiger partial charge in [0.05, 0.1) is 17.1 Å². The summed E-state index contributed by atoms with van der Waals surface area (Å²) in [5, 5.41) is 3.60. The molecule has 7 heteroatoms. The first-order valence-electron chi connectivity index (χ1n) is 8.89. The lowest BCUT2D eigenvalue weighted by Gasteiger charge is -2.43. The van der Waals surface area contributed by atoms with E-state index in [1.165, 1.54) is 12.1 Å². The van der Waals surface area contributed by atoms with E-state index in [0.717, 1.165) is 37.3 Å². The van der Waals surface area contributed by atoms with E-state index in [-0.39, 0.29) is 23.5 Å². The Hall–Kier alpha value is -1.05. The van der Waals surface area contributed by atoms with Gasteiger partial charge in [0.1, 0.15) is 11.6 Å². The molecule has 2 heterocycles. The molecule has 1 aliphatic carbocycles. The molecule has 0 amide bonds. The average molecular weight is 371 g/mol. The van der Waals surface area contributed by atoms with E-state index < -0.39 is 27.1 Å². The number of benzene rings is 1. The zero-order chi connectivity index (χ0) is 17.7. The van der Waals surface area contributed by atoms with Crippen LogP contribution in [0.4, 0.5) is 8.78 Å². The van der Waals surface area contributed by atoms with Crippen LogP contribution < -0.4 is 5.32 Å². The highest BCUT2D eigenvalue weighted by atomic mass is 32.2. The first kappa shape index (κ1) is 17.4. The second-order valence-electron chi connectivity index (χ2n) is 7.80. The molecule has 3 aliphatic rings. The lowest BCUT2D eigenvalue weighted by Crippen LogP contribution is -2.52. The van der Waals surface area contributed by atoms with Gasteiger partial charge in [-0.25, -0.2) is 17.2 Å². The topological polar surface area (TPSA) is 55.4 Å². The summed E-state index contributed by atoms with van der Waals surface area (Å²) in [7, 11) is -2.97. The fraction of sp³-hybridized carbons (Fsp3) is 0.667. The minimum Gasteiger partial charge on any atom is -0.374 e. The number of ether oxygens (including phenoxy) is 1. The molecule has 2 atom stereocenters. The van der Waals surface area contributed by atoms with Crippen LogP contribution in [0.5, 0.6) is 0 Å². The molecule has 1 aromatic carbocycles. The van der Waals surface area contributed by atoms with Crippen LogP contribution >= 0.6 is 0 Å². The molecule has 0 bridgehead atoms. The van der Waals surface area contributed by atoms with Crippen molar-refractivity contribution in [2.75, 3.05) is 18.1 Å². The van der Waals surface area contributed by atoms with Crippen LogP contribution in [-0.4, -0.2) is 44.2 Å². The van der Waals surface area contributed by atoms with Gasteiger partial charge in [-0.2, -0.15) is 0 Å². The fourth-order valence-electron chi connectivity index (χ4n) is 4.50. The number of hydrogen-bond donors (Lipinski definition) is 1. The maximum Gasteiger partial charge on any atom is 0.153 e. The van der Waals surface area contributed by atoms with Gasteiger partial charge in [0, 0.05) is 24.8 Å². The summed E-state index contributed by atoms with van der Waals surface area (Å²) >= 11 is 0. The molecule has 3 fully saturated rings. The minimum atomic E-state index is -2.97. The van der Waals surface area contributed by atoms with E-state index in [4.69, 9.17) is 4.74 Å². The van der Waals surface area contributed by atoms with E-state index in [1.807, 2.05) is 0 Å². The summed E-state index contributed by atoms with van der Waals surface area (Å²) in [6.07, 6.45) is 3.89. The van der Waals surface area contributed by atoms with Crippen molar-refractivity contribution >= 4 is 9.84 Å². The maximum atomic E-state index is 13.3. The number of sulfone groups is 1. The normalized spacial score (nSPS) is 37.1. The van der Waals surface area contributed by atoms with Crippen molar-refractivity contribution in [1.82, 2.24) is 5.32 Å². The van der Waals surface area contributed by atoms with Gasteiger partial charge >= 0.3 is 0 Å². The Morgan fingerprint density at radius 2 is 1.84 bits per heavy atom. The monoisotopic (exact) mass is 371 g/mol. The SMILES string of the molecule is O=S1(=O)CCC2(CC(NC3CC(c4cc(F)cc(F)c4)C3)CCO2)C1. The Kier molecular flexibility index (Phi) is 4.37. The van der Waals surface area contributed by atoms with E-state index in [0.29, 0.717) is 19.1 Å². The number of nitrogens with one attached hydrogen (secondary N) is 1. The molecule has 1 saturated carbocycles. The quantitative estimate of drug-likeness (QED) is 0.887. The van der Waals surface area contributed by atoms with Crippen molar-refractivity contribution in [2.24, 2.45) is 0 Å². The third kappa shape index (κ3) is 3.73. The molecule has 0 aromatic heterocycles. The zero-order valence-corrected chi connectivity index (χ0v) is 14.8. The number of halogens is 2. The van der Waals surface area contributed by atoms with Crippen molar-refractivity contribution in [3.8, 4) is 0 Å². The molecule has 2 unspecified atom stereocenters. The lowest BCUT2D eigenvalue weighted by molar-refractivity contribution is -0.0729. The average Bonchev–Trinajstić information content (AvgIpc) is 2.76. The molecule has 25 heavy (non-hydrogen) atoms. The molecule has 2 saturated heterocycles. The van der Waals surface area contributed by atoms with Gasteiger partial charge in [0.15, 0.2) is 9.84 Å². The predicted octanol–water partition coefficient (Wildman–Crippen LogP) is 2.54. The van der Waals surface area contributed by atoms with Gasteiger partial charge < -0.3 is 10.1 Å². The molecule has 1 N–H and O–H groups in total. The van der Waals surface area contributed by atoms with Crippen LogP contribution in [0.2, 0.25) is 0 Å². The van der Waals surface area contributed by atoms with Gasteiger partial charge in [-0.3, -0.25) is 0 Å². The molecule has 138 valence electrons. The first-order valence-corrected chi connectivity index (χ1v) is 10.7. The standard InChI is InChI=1S/C18H23F2NO3S/c19-14-5-12(6-15(20)9-14)13-7-17(8-13)21-16-1-3-24-18(10-16)2-4-25(22,23)11-18/h5-6,9,13,16-17,21H,1-4,7-8,10-11H2. The Morgan fingerprint density at radius 1 is 1.12 bits per heavy atom. The van der Waals surface area contributed by atoms with E-state index >= 15 is 0 Å². The largest absolute Gasteiger partial charge is 0.374 e. The highest BCUT2D eigenvalue weighted by molar-refractivity contribution is 7.91. The van der Waals surface area contributed by atoms with Crippen LogP contribution in [0.15, 0.2) is 18.2 Å². The van der Waals surface area contributed by atoms with E-state index in [2.05, 4.69) is 5.32 Å². The van der Waals surface area contributed by atoms with Crippen molar-refractivity contribution in [3.05, 3.63) is 35.4 Å². The smallest absolute Gasteiger partial charge is 0.153 e. The lowest BCUT2D eigenvalue weighted by atomic mass is 9.75. The molecule has 1 aromatic rings. The Bertz CT molecular complexity index is 743. The maximum absolute atomic E-state index is 13.3. The second kappa shape index (κ2) is 6.28. The fourth-order valence-corrected chi connectivity index (χ4v) is 6.48. The molecule has 4 rings (SSSR count). The Morgan fingerprint density at radius 3 is 2.48 bits per heavy atom. The van der Waals surface area contributed by atoms with Gasteiger partial charge in [-0.1, -0.05) is 0 Å². The summed E-state index contributed by atoms with van der Waals surface area (Å²) in [6, 6.07) is 4.29. The molecule has 0 radical (unpaired) electrons. The zero-order valence-electron chi connectivity index (χ0n) is 14.0. The van der Waals surface area contributed by atoms with Gasteiger partial charge in [-0.05, 0) is 55.7 Å². The Labute approximate surface area is 146 Å². The second-order valence-corrected chi connectivity index (χ2v) is 9.98. The third-order valence-corrected chi connectivity index (χ3v) is 7.60. The molecule has 1 spiro atoms. The highest BCUT2D eigenvalue weighted by Gasteiger charge is 2.47. The van der Waals surface area contributed by atoms with Crippen LogP contribution in [0.1, 0.15) is 43.6 Å². The van der Waals surface area contributed by atoms with Crippen molar-refractivity contribution in [2.45, 2.75) is 55.7 Å².